The van der Waals surface area contributed by atoms with Crippen LogP contribution in [0.2, 0.25) is 0 Å². The van der Waals surface area contributed by atoms with Gasteiger partial charge in [-0.15, -0.1) is 0 Å². The molecular weight excluding hydrogens is 196 g/mol. The monoisotopic (exact) mass is 212 g/mol. The van der Waals surface area contributed by atoms with Crippen molar-refractivity contribution in [1.29, 1.82) is 0 Å². The highest BCUT2D eigenvalue weighted by Crippen LogP contribution is 2.34. The van der Waals surface area contributed by atoms with E-state index in [-0.39, 0.29) is 17.1 Å². The van der Waals surface area contributed by atoms with E-state index in [9.17, 15) is 15.0 Å². The molecule has 4 heteroatoms. The van der Waals surface area contributed by atoms with Crippen molar-refractivity contribution in [3.8, 4) is 0 Å². The van der Waals surface area contributed by atoms with Gasteiger partial charge in [0, 0.05) is 5.41 Å². The summed E-state index contributed by atoms with van der Waals surface area (Å²) in [5.41, 5.74) is -0.300. The quantitative estimate of drug-likeness (QED) is 0.630. The van der Waals surface area contributed by atoms with Gasteiger partial charge in [0.15, 0.2) is 5.78 Å². The molecule has 15 heavy (non-hydrogen) atoms. The van der Waals surface area contributed by atoms with Crippen LogP contribution >= 0.6 is 0 Å². The smallest absolute Gasteiger partial charge is 0.174 e. The second-order valence-corrected chi connectivity index (χ2v) is 4.34. The molecule has 0 saturated carbocycles. The normalized spacial score (nSPS) is 22.7. The van der Waals surface area contributed by atoms with Gasteiger partial charge in [0.25, 0.3) is 0 Å². The molecular formula is C11H16O4. The van der Waals surface area contributed by atoms with Crippen LogP contribution in [0.1, 0.15) is 20.8 Å². The summed E-state index contributed by atoms with van der Waals surface area (Å²) in [5.74, 6) is -0.576. The largest absolute Gasteiger partial charge is 0.507 e. The Hall–Kier alpha value is -1.13. The number of hydrogen-bond donors (Lipinski definition) is 3. The summed E-state index contributed by atoms with van der Waals surface area (Å²) in [7, 11) is 0. The molecule has 84 valence electrons. The minimum Gasteiger partial charge on any atom is -0.507 e. The summed E-state index contributed by atoms with van der Waals surface area (Å²) in [6.45, 7) is 4.49. The highest BCUT2D eigenvalue weighted by Gasteiger charge is 2.37. The Balaban J connectivity index is 3.27. The SMILES string of the molecule is CC1=CC(C)(C)C(=O)C(C(O)CO)=C1O. The van der Waals surface area contributed by atoms with Crippen molar-refractivity contribution in [1.82, 2.24) is 0 Å². The van der Waals surface area contributed by atoms with Crippen LogP contribution in [0.4, 0.5) is 0 Å². The first-order valence-electron chi connectivity index (χ1n) is 4.78. The maximum Gasteiger partial charge on any atom is 0.174 e. The highest BCUT2D eigenvalue weighted by atomic mass is 16.3. The first-order valence-corrected chi connectivity index (χ1v) is 4.78. The second-order valence-electron chi connectivity index (χ2n) is 4.34. The lowest BCUT2D eigenvalue weighted by molar-refractivity contribution is -0.123. The third-order valence-electron chi connectivity index (χ3n) is 2.54. The summed E-state index contributed by atoms with van der Waals surface area (Å²) >= 11 is 0. The molecule has 1 unspecified atom stereocenters. The molecule has 0 amide bonds. The van der Waals surface area contributed by atoms with Gasteiger partial charge in [0.1, 0.15) is 11.9 Å². The molecule has 0 aromatic carbocycles. The number of Topliss-reactive ketones (excluding diaryl/α,β-unsaturated/α-hetero) is 1. The predicted molar refractivity (Wildman–Crippen MR) is 55.3 cm³/mol. The number of ketones is 1. The van der Waals surface area contributed by atoms with Crippen molar-refractivity contribution < 1.29 is 20.1 Å². The standard InChI is InChI=1S/C11H16O4/c1-6-4-11(2,3)10(15)8(9(6)14)7(13)5-12/h4,7,12-14H,5H2,1-3H3. The fraction of sp³-hybridized carbons (Fsp3) is 0.545. The van der Waals surface area contributed by atoms with E-state index in [2.05, 4.69) is 0 Å². The van der Waals surface area contributed by atoms with E-state index in [0.29, 0.717) is 5.57 Å². The summed E-state index contributed by atoms with van der Waals surface area (Å²) in [5, 5.41) is 27.9. The van der Waals surface area contributed by atoms with Crippen LogP contribution < -0.4 is 0 Å². The Bertz CT molecular complexity index is 350. The number of allylic oxidation sites excluding steroid dienone is 2. The van der Waals surface area contributed by atoms with Gasteiger partial charge in [-0.2, -0.15) is 0 Å². The summed E-state index contributed by atoms with van der Waals surface area (Å²) in [6, 6.07) is 0. The van der Waals surface area contributed by atoms with Gasteiger partial charge in [-0.1, -0.05) is 6.08 Å². The fourth-order valence-corrected chi connectivity index (χ4v) is 1.74. The van der Waals surface area contributed by atoms with Gasteiger partial charge in [0.2, 0.25) is 0 Å². The summed E-state index contributed by atoms with van der Waals surface area (Å²) < 4.78 is 0. The van der Waals surface area contributed by atoms with Crippen molar-refractivity contribution >= 4 is 5.78 Å². The lowest BCUT2D eigenvalue weighted by Crippen LogP contribution is -2.35. The van der Waals surface area contributed by atoms with Crippen molar-refractivity contribution in [3.05, 3.63) is 23.0 Å². The zero-order chi connectivity index (χ0) is 11.8. The molecule has 0 radical (unpaired) electrons. The zero-order valence-electron chi connectivity index (χ0n) is 9.11. The molecule has 0 saturated heterocycles. The van der Waals surface area contributed by atoms with Gasteiger partial charge in [-0.25, -0.2) is 0 Å². The lowest BCUT2D eigenvalue weighted by atomic mass is 9.76. The Kier molecular flexibility index (Phi) is 3.02. The number of carbonyl (C=O) groups excluding carboxylic acids is 1. The van der Waals surface area contributed by atoms with E-state index < -0.39 is 18.1 Å². The number of rotatable bonds is 2. The molecule has 3 N–H and O–H groups in total. The van der Waals surface area contributed by atoms with Crippen LogP contribution in [0.25, 0.3) is 0 Å². The molecule has 0 heterocycles. The molecule has 1 aliphatic rings. The molecule has 0 aromatic rings. The molecule has 1 aliphatic carbocycles. The van der Waals surface area contributed by atoms with E-state index in [4.69, 9.17) is 5.11 Å². The van der Waals surface area contributed by atoms with E-state index in [1.807, 2.05) is 0 Å². The first kappa shape index (κ1) is 11.9. The van der Waals surface area contributed by atoms with Crippen molar-refractivity contribution in [2.24, 2.45) is 5.41 Å². The van der Waals surface area contributed by atoms with E-state index >= 15 is 0 Å². The Morgan fingerprint density at radius 3 is 2.47 bits per heavy atom. The van der Waals surface area contributed by atoms with E-state index in [1.165, 1.54) is 0 Å². The van der Waals surface area contributed by atoms with Crippen LogP contribution in [0.5, 0.6) is 0 Å². The lowest BCUT2D eigenvalue weighted by Gasteiger charge is -2.28. The van der Waals surface area contributed by atoms with Gasteiger partial charge < -0.3 is 15.3 Å². The van der Waals surface area contributed by atoms with Crippen molar-refractivity contribution in [2.75, 3.05) is 6.61 Å². The Morgan fingerprint density at radius 2 is 2.00 bits per heavy atom. The number of carbonyl (C=O) groups is 1. The highest BCUT2D eigenvalue weighted by molar-refractivity contribution is 6.03. The van der Waals surface area contributed by atoms with Gasteiger partial charge in [-0.3, -0.25) is 4.79 Å². The van der Waals surface area contributed by atoms with Gasteiger partial charge in [0.05, 0.1) is 12.2 Å². The topological polar surface area (TPSA) is 77.8 Å². The van der Waals surface area contributed by atoms with Crippen molar-refractivity contribution in [3.63, 3.8) is 0 Å². The Morgan fingerprint density at radius 1 is 1.47 bits per heavy atom. The third kappa shape index (κ3) is 1.96. The number of aliphatic hydroxyl groups is 3. The van der Waals surface area contributed by atoms with Crippen molar-refractivity contribution in [2.45, 2.75) is 26.9 Å². The van der Waals surface area contributed by atoms with Crippen LogP contribution in [0.3, 0.4) is 0 Å². The van der Waals surface area contributed by atoms with E-state index in [1.54, 1.807) is 26.8 Å². The molecule has 0 fully saturated rings. The van der Waals surface area contributed by atoms with E-state index in [0.717, 1.165) is 0 Å². The molecule has 0 spiro atoms. The summed E-state index contributed by atoms with van der Waals surface area (Å²) in [4.78, 5) is 11.9. The van der Waals surface area contributed by atoms with Crippen LogP contribution in [-0.2, 0) is 4.79 Å². The maximum absolute atomic E-state index is 11.9. The zero-order valence-corrected chi connectivity index (χ0v) is 9.11. The minimum absolute atomic E-state index is 0.0949. The summed E-state index contributed by atoms with van der Waals surface area (Å²) in [6.07, 6.45) is 0.332. The molecule has 0 bridgehead atoms. The average Bonchev–Trinajstić information content (AvgIpc) is 2.14. The Labute approximate surface area is 88.5 Å². The predicted octanol–water partition coefficient (Wildman–Crippen LogP) is 0.707. The van der Waals surface area contributed by atoms with Gasteiger partial charge >= 0.3 is 0 Å². The molecule has 1 rings (SSSR count). The average molecular weight is 212 g/mol. The van der Waals surface area contributed by atoms with Crippen LogP contribution in [-0.4, -0.2) is 33.8 Å². The second kappa shape index (κ2) is 3.79. The molecule has 0 aliphatic heterocycles. The number of aliphatic hydroxyl groups excluding tert-OH is 3. The van der Waals surface area contributed by atoms with Gasteiger partial charge in [-0.05, 0) is 26.3 Å². The van der Waals surface area contributed by atoms with Crippen LogP contribution in [0.15, 0.2) is 23.0 Å². The number of hydrogen-bond acceptors (Lipinski definition) is 4. The maximum atomic E-state index is 11.9. The van der Waals surface area contributed by atoms with Crippen LogP contribution in [0, 0.1) is 5.41 Å². The fourth-order valence-electron chi connectivity index (χ4n) is 1.74. The molecule has 4 nitrogen and oxygen atoms in total. The first-order chi connectivity index (χ1) is 6.81. The third-order valence-corrected chi connectivity index (χ3v) is 2.54. The molecule has 1 atom stereocenters. The molecule has 0 aromatic heterocycles. The minimum atomic E-state index is -1.32.